The topological polar surface area (TPSA) is 140 Å². The first-order valence-electron chi connectivity index (χ1n) is 8.24. The molecule has 0 unspecified atom stereocenters. The minimum absolute atomic E-state index is 0.00683. The Morgan fingerprint density at radius 1 is 1.54 bits per heavy atom. The summed E-state index contributed by atoms with van der Waals surface area (Å²) in [5, 5.41) is 36.9. The van der Waals surface area contributed by atoms with Crippen LogP contribution in [0.5, 0.6) is 5.75 Å². The summed E-state index contributed by atoms with van der Waals surface area (Å²) in [4.78, 5) is 26.4. The van der Waals surface area contributed by atoms with E-state index in [0.717, 1.165) is 0 Å². The van der Waals surface area contributed by atoms with Gasteiger partial charge in [0.25, 0.3) is 12.4 Å². The molecular formula is C17H26N2O7. The molecule has 1 aromatic rings. The Morgan fingerprint density at radius 3 is 2.81 bits per heavy atom. The monoisotopic (exact) mass is 370 g/mol. The van der Waals surface area contributed by atoms with Gasteiger partial charge in [-0.3, -0.25) is 9.59 Å². The standard InChI is InChI=1S/C16H24N2O5.CH2O2/c1-23-9-3-6-16(11-19)10-18(8-5-13(16)21)15(22)14-12(20)4-2-7-17-14;2-1-3/h2,4,7,13,19-21H,3,5-6,8-11H2,1H3;1H,(H,2,3)/t13-,16+;/m1./s1. The van der Waals surface area contributed by atoms with Crippen LogP contribution in [0, 0.1) is 5.41 Å². The zero-order valence-corrected chi connectivity index (χ0v) is 14.7. The molecule has 1 fully saturated rings. The van der Waals surface area contributed by atoms with E-state index < -0.39 is 11.5 Å². The zero-order chi connectivity index (χ0) is 19.6. The van der Waals surface area contributed by atoms with Gasteiger partial charge in [-0.1, -0.05) is 0 Å². The molecule has 2 heterocycles. The van der Waals surface area contributed by atoms with Crippen molar-refractivity contribution < 1.29 is 34.8 Å². The van der Waals surface area contributed by atoms with Gasteiger partial charge in [-0.15, -0.1) is 0 Å². The normalized spacial score (nSPS) is 22.3. The first-order valence-corrected chi connectivity index (χ1v) is 8.24. The summed E-state index contributed by atoms with van der Waals surface area (Å²) in [5.74, 6) is -0.558. The third kappa shape index (κ3) is 5.38. The van der Waals surface area contributed by atoms with Crippen molar-refractivity contribution in [2.45, 2.75) is 25.4 Å². The molecule has 4 N–H and O–H groups in total. The highest BCUT2D eigenvalue weighted by Crippen LogP contribution is 2.35. The Labute approximate surface area is 151 Å². The second kappa shape index (κ2) is 10.7. The lowest BCUT2D eigenvalue weighted by molar-refractivity contribution is -0.122. The van der Waals surface area contributed by atoms with Crippen molar-refractivity contribution >= 4 is 12.4 Å². The minimum atomic E-state index is -0.767. The number of nitrogens with zero attached hydrogens (tertiary/aromatic N) is 2. The van der Waals surface area contributed by atoms with E-state index in [1.54, 1.807) is 13.2 Å². The Bertz CT molecular complexity index is 584. The molecule has 0 bridgehead atoms. The molecule has 9 nitrogen and oxygen atoms in total. The Morgan fingerprint density at radius 2 is 2.23 bits per heavy atom. The van der Waals surface area contributed by atoms with Crippen molar-refractivity contribution in [1.29, 1.82) is 0 Å². The number of aliphatic hydroxyl groups is 2. The van der Waals surface area contributed by atoms with E-state index in [1.165, 1.54) is 17.2 Å². The van der Waals surface area contributed by atoms with Gasteiger partial charge in [0.15, 0.2) is 5.69 Å². The van der Waals surface area contributed by atoms with Gasteiger partial charge in [0.05, 0.1) is 12.7 Å². The summed E-state index contributed by atoms with van der Waals surface area (Å²) < 4.78 is 5.03. The van der Waals surface area contributed by atoms with Crippen LogP contribution < -0.4 is 0 Å². The number of aromatic nitrogens is 1. The number of carbonyl (C=O) groups excluding carboxylic acids is 1. The number of aliphatic hydroxyl groups excluding tert-OH is 2. The van der Waals surface area contributed by atoms with E-state index >= 15 is 0 Å². The van der Waals surface area contributed by atoms with E-state index in [1.807, 2.05) is 0 Å². The van der Waals surface area contributed by atoms with Gasteiger partial charge in [0, 0.05) is 38.4 Å². The van der Waals surface area contributed by atoms with Crippen LogP contribution in [0.15, 0.2) is 18.3 Å². The summed E-state index contributed by atoms with van der Waals surface area (Å²) in [5.41, 5.74) is -0.774. The summed E-state index contributed by atoms with van der Waals surface area (Å²) in [6.45, 7) is 0.657. The first-order chi connectivity index (χ1) is 12.5. The van der Waals surface area contributed by atoms with Crippen molar-refractivity contribution in [3.63, 3.8) is 0 Å². The molecule has 26 heavy (non-hydrogen) atoms. The van der Waals surface area contributed by atoms with Crippen molar-refractivity contribution in [3.8, 4) is 5.75 Å². The number of rotatable bonds is 6. The van der Waals surface area contributed by atoms with Crippen LogP contribution in [0.2, 0.25) is 0 Å². The third-order valence-electron chi connectivity index (χ3n) is 4.50. The second-order valence-electron chi connectivity index (χ2n) is 6.12. The number of likely N-dealkylation sites (tertiary alicyclic amines) is 1. The van der Waals surface area contributed by atoms with Gasteiger partial charge >= 0.3 is 0 Å². The van der Waals surface area contributed by atoms with Gasteiger partial charge < -0.3 is 30.1 Å². The minimum Gasteiger partial charge on any atom is -0.505 e. The van der Waals surface area contributed by atoms with Crippen LogP contribution in [-0.2, 0) is 9.53 Å². The van der Waals surface area contributed by atoms with Crippen LogP contribution in [0.4, 0.5) is 0 Å². The molecule has 0 spiro atoms. The number of hydrogen-bond acceptors (Lipinski definition) is 7. The number of amides is 1. The second-order valence-corrected chi connectivity index (χ2v) is 6.12. The molecule has 9 heteroatoms. The fraction of sp³-hybridized carbons (Fsp3) is 0.588. The molecule has 0 aliphatic carbocycles. The van der Waals surface area contributed by atoms with Crippen molar-refractivity contribution in [2.24, 2.45) is 5.41 Å². The first kappa shape index (κ1) is 21.8. The van der Waals surface area contributed by atoms with E-state index in [2.05, 4.69) is 4.98 Å². The zero-order valence-electron chi connectivity index (χ0n) is 14.7. The molecule has 2 atom stereocenters. The molecule has 2 rings (SSSR count). The quantitative estimate of drug-likeness (QED) is 0.408. The highest BCUT2D eigenvalue weighted by molar-refractivity contribution is 5.94. The molecule has 0 saturated carbocycles. The number of pyridine rings is 1. The molecule has 1 saturated heterocycles. The molecule has 146 valence electrons. The van der Waals surface area contributed by atoms with Crippen molar-refractivity contribution in [2.75, 3.05) is 33.4 Å². The van der Waals surface area contributed by atoms with Crippen LogP contribution in [0.3, 0.4) is 0 Å². The molecule has 1 amide bonds. The maximum absolute atomic E-state index is 12.6. The summed E-state index contributed by atoms with van der Waals surface area (Å²) in [6.07, 6.45) is 2.39. The number of carboxylic acid groups (broad SMARTS) is 1. The molecule has 1 aliphatic rings. The number of piperidine rings is 1. The Kier molecular flexibility index (Phi) is 8.97. The highest BCUT2D eigenvalue weighted by atomic mass is 16.5. The number of carbonyl (C=O) groups is 2. The number of aromatic hydroxyl groups is 1. The fourth-order valence-electron chi connectivity index (χ4n) is 3.08. The van der Waals surface area contributed by atoms with Crippen molar-refractivity contribution in [1.82, 2.24) is 9.88 Å². The maximum Gasteiger partial charge on any atom is 0.290 e. The lowest BCUT2D eigenvalue weighted by Crippen LogP contribution is -2.55. The predicted octanol–water partition coefficient (Wildman–Crippen LogP) is 0.100. The average Bonchev–Trinajstić information content (AvgIpc) is 2.64. The van der Waals surface area contributed by atoms with Crippen LogP contribution in [0.25, 0.3) is 0 Å². The van der Waals surface area contributed by atoms with Crippen molar-refractivity contribution in [3.05, 3.63) is 24.0 Å². The molecule has 0 aromatic carbocycles. The van der Waals surface area contributed by atoms with E-state index in [9.17, 15) is 20.1 Å². The van der Waals surface area contributed by atoms with Gasteiger partial charge in [-0.2, -0.15) is 0 Å². The SMILES string of the molecule is COCCC[C@@]1(CO)CN(C(=O)c2ncccc2O)CC[C@H]1O.O=CO. The number of hydrogen-bond donors (Lipinski definition) is 4. The van der Waals surface area contributed by atoms with Gasteiger partial charge in [-0.05, 0) is 31.4 Å². The summed E-state index contributed by atoms with van der Waals surface area (Å²) in [7, 11) is 1.60. The molecular weight excluding hydrogens is 344 g/mol. The highest BCUT2D eigenvalue weighted by Gasteiger charge is 2.43. The van der Waals surface area contributed by atoms with Crippen LogP contribution >= 0.6 is 0 Å². The van der Waals surface area contributed by atoms with E-state index in [4.69, 9.17) is 14.6 Å². The summed E-state index contributed by atoms with van der Waals surface area (Å²) >= 11 is 0. The van der Waals surface area contributed by atoms with Gasteiger partial charge in [-0.25, -0.2) is 4.98 Å². The largest absolute Gasteiger partial charge is 0.505 e. The smallest absolute Gasteiger partial charge is 0.290 e. The van der Waals surface area contributed by atoms with Gasteiger partial charge in [0.2, 0.25) is 0 Å². The lowest BCUT2D eigenvalue weighted by atomic mass is 9.74. The van der Waals surface area contributed by atoms with E-state index in [0.29, 0.717) is 32.4 Å². The fourth-order valence-corrected chi connectivity index (χ4v) is 3.08. The predicted molar refractivity (Wildman–Crippen MR) is 91.8 cm³/mol. The molecule has 0 radical (unpaired) electrons. The number of ether oxygens (including phenoxy) is 1. The van der Waals surface area contributed by atoms with Crippen LogP contribution in [0.1, 0.15) is 29.8 Å². The maximum atomic E-state index is 12.6. The van der Waals surface area contributed by atoms with Crippen LogP contribution in [-0.4, -0.2) is 82.2 Å². The van der Waals surface area contributed by atoms with E-state index in [-0.39, 0.29) is 37.0 Å². The molecule has 1 aliphatic heterocycles. The summed E-state index contributed by atoms with van der Waals surface area (Å²) in [6, 6.07) is 2.96. The average molecular weight is 370 g/mol. The Hall–Kier alpha value is -2.23. The Balaban J connectivity index is 0.00000105. The molecule has 1 aromatic heterocycles. The van der Waals surface area contributed by atoms with Gasteiger partial charge in [0.1, 0.15) is 5.75 Å². The number of methoxy groups -OCH3 is 1. The third-order valence-corrected chi connectivity index (χ3v) is 4.50. The lowest BCUT2D eigenvalue weighted by Gasteiger charge is -2.45.